The van der Waals surface area contributed by atoms with E-state index in [1.807, 2.05) is 0 Å². The van der Waals surface area contributed by atoms with Crippen LogP contribution in [0, 0.1) is 0 Å². The minimum absolute atomic E-state index is 0.0888. The number of azide groups is 1. The molecule has 1 atom stereocenters. The number of anilines is 1. The van der Waals surface area contributed by atoms with E-state index >= 15 is 0 Å². The van der Waals surface area contributed by atoms with E-state index in [4.69, 9.17) is 15.0 Å². The van der Waals surface area contributed by atoms with E-state index in [0.29, 0.717) is 51.1 Å². The number of nitrogens with one attached hydrogen (secondary N) is 1. The van der Waals surface area contributed by atoms with Crippen molar-refractivity contribution in [2.45, 2.75) is 41.6 Å². The van der Waals surface area contributed by atoms with Crippen molar-refractivity contribution in [3.63, 3.8) is 0 Å². The summed E-state index contributed by atoms with van der Waals surface area (Å²) in [4.78, 5) is 15.5. The van der Waals surface area contributed by atoms with Crippen LogP contribution in [0.4, 0.5) is 10.5 Å². The monoisotopic (exact) mass is 565 g/mol. The van der Waals surface area contributed by atoms with Crippen molar-refractivity contribution >= 4 is 31.6 Å². The van der Waals surface area contributed by atoms with Gasteiger partial charge in [0, 0.05) is 30.2 Å². The Hall–Kier alpha value is -3.16. The van der Waals surface area contributed by atoms with E-state index in [1.54, 1.807) is 18.2 Å². The van der Waals surface area contributed by atoms with Gasteiger partial charge < -0.3 is 9.47 Å². The van der Waals surface area contributed by atoms with Crippen LogP contribution < -0.4 is 5.32 Å². The maximum Gasteiger partial charge on any atom is 0.411 e. The summed E-state index contributed by atoms with van der Waals surface area (Å²) in [6, 6.07) is 13.6. The van der Waals surface area contributed by atoms with Crippen LogP contribution in [-0.2, 0) is 29.3 Å². The van der Waals surface area contributed by atoms with E-state index in [0.717, 1.165) is 0 Å². The van der Waals surface area contributed by atoms with Crippen LogP contribution in [0.1, 0.15) is 25.7 Å². The van der Waals surface area contributed by atoms with Gasteiger partial charge in [0.25, 0.3) is 0 Å². The number of hydrogen-bond acceptors (Lipinski definition) is 8. The zero-order valence-corrected chi connectivity index (χ0v) is 22.4. The molecule has 0 aliphatic carbocycles. The highest BCUT2D eigenvalue weighted by molar-refractivity contribution is 7.91. The fourth-order valence-corrected chi connectivity index (χ4v) is 6.76. The lowest BCUT2D eigenvalue weighted by Crippen LogP contribution is -2.40. The third-order valence-corrected chi connectivity index (χ3v) is 9.55. The molecule has 1 N–H and O–H groups in total. The van der Waals surface area contributed by atoms with Crippen molar-refractivity contribution in [1.82, 2.24) is 4.31 Å². The molecule has 2 aromatic carbocycles. The molecule has 206 valence electrons. The first-order chi connectivity index (χ1) is 18.2. The number of benzene rings is 2. The Morgan fingerprint density at radius 1 is 1.00 bits per heavy atom. The number of carbonyl (C=O) groups excluding carboxylic acids is 1. The Morgan fingerprint density at radius 3 is 2.34 bits per heavy atom. The maximum atomic E-state index is 12.9. The molecule has 38 heavy (non-hydrogen) atoms. The van der Waals surface area contributed by atoms with Gasteiger partial charge in [0.1, 0.15) is 6.10 Å². The fraction of sp³-hybridized carbons (Fsp3) is 0.458. The zero-order valence-electron chi connectivity index (χ0n) is 20.8. The molecule has 0 aromatic heterocycles. The number of ether oxygens (including phenoxy) is 2. The van der Waals surface area contributed by atoms with Gasteiger partial charge in [0.15, 0.2) is 9.84 Å². The van der Waals surface area contributed by atoms with Crippen LogP contribution in [-0.4, -0.2) is 71.9 Å². The van der Waals surface area contributed by atoms with Gasteiger partial charge in [0.05, 0.1) is 28.8 Å². The second-order valence-corrected chi connectivity index (χ2v) is 12.6. The Balaban J connectivity index is 1.63. The molecule has 12 nitrogen and oxygen atoms in total. The zero-order chi connectivity index (χ0) is 27.4. The van der Waals surface area contributed by atoms with Gasteiger partial charge in [-0.3, -0.25) is 5.32 Å². The van der Waals surface area contributed by atoms with E-state index in [2.05, 4.69) is 15.3 Å². The quantitative estimate of drug-likeness (QED) is 0.166. The van der Waals surface area contributed by atoms with Gasteiger partial charge in [0.2, 0.25) is 10.0 Å². The average Bonchev–Trinajstić information content (AvgIpc) is 2.91. The van der Waals surface area contributed by atoms with Crippen LogP contribution in [0.2, 0.25) is 0 Å². The predicted octanol–water partition coefficient (Wildman–Crippen LogP) is 3.97. The normalized spacial score (nSPS) is 15.3. The summed E-state index contributed by atoms with van der Waals surface area (Å²) in [5.41, 5.74) is 8.67. The number of carbonyl (C=O) groups is 1. The number of unbranched alkanes of at least 4 members (excludes halogenated alkanes) is 2. The maximum absolute atomic E-state index is 12.9. The van der Waals surface area contributed by atoms with Crippen LogP contribution >= 0.6 is 0 Å². The second kappa shape index (κ2) is 14.1. The molecule has 0 bridgehead atoms. The number of sulfone groups is 1. The minimum Gasteiger partial charge on any atom is -0.445 e. The summed E-state index contributed by atoms with van der Waals surface area (Å²) in [5.74, 6) is -0.391. The van der Waals surface area contributed by atoms with Gasteiger partial charge in [-0.1, -0.05) is 29.7 Å². The van der Waals surface area contributed by atoms with Crippen molar-refractivity contribution in [3.8, 4) is 0 Å². The number of morpholine rings is 1. The molecule has 1 saturated heterocycles. The summed E-state index contributed by atoms with van der Waals surface area (Å²) >= 11 is 0. The first-order valence-electron chi connectivity index (χ1n) is 12.2. The Bertz CT molecular complexity index is 1310. The largest absolute Gasteiger partial charge is 0.445 e. The number of nitrogens with zero attached hydrogens (tertiary/aromatic N) is 4. The van der Waals surface area contributed by atoms with E-state index in [1.165, 1.54) is 40.7 Å². The van der Waals surface area contributed by atoms with Crippen molar-refractivity contribution in [2.75, 3.05) is 43.9 Å². The standard InChI is InChI=1S/C24H31N5O7S2/c25-28-26-14-6-2-3-7-21(19-37(31,32)22-8-4-1-5-9-22)36-24(30)27-20-10-12-23(13-11-20)38(33,34)29-15-17-35-18-16-29/h1,4-5,8-13,21H,2-3,6-7,14-19H2,(H,27,30). The highest BCUT2D eigenvalue weighted by atomic mass is 32.2. The lowest BCUT2D eigenvalue weighted by molar-refractivity contribution is 0.0730. The number of sulfonamides is 1. The van der Waals surface area contributed by atoms with Gasteiger partial charge in [-0.2, -0.15) is 4.31 Å². The molecule has 1 heterocycles. The predicted molar refractivity (Wildman–Crippen MR) is 141 cm³/mol. The summed E-state index contributed by atoms with van der Waals surface area (Å²) in [6.45, 7) is 1.54. The molecule has 1 aliphatic heterocycles. The first-order valence-corrected chi connectivity index (χ1v) is 15.3. The van der Waals surface area contributed by atoms with Crippen molar-refractivity contribution in [2.24, 2.45) is 5.11 Å². The fourth-order valence-electron chi connectivity index (χ4n) is 3.87. The molecule has 0 saturated carbocycles. The minimum atomic E-state index is -3.71. The van der Waals surface area contributed by atoms with Crippen LogP contribution in [0.5, 0.6) is 0 Å². The molecule has 1 unspecified atom stereocenters. The van der Waals surface area contributed by atoms with Crippen molar-refractivity contribution < 1.29 is 31.1 Å². The highest BCUT2D eigenvalue weighted by Crippen LogP contribution is 2.21. The molecule has 2 aromatic rings. The summed E-state index contributed by atoms with van der Waals surface area (Å²) < 4.78 is 63.4. The molecule has 0 spiro atoms. The molecule has 14 heteroatoms. The second-order valence-electron chi connectivity index (χ2n) is 8.59. The molecular weight excluding hydrogens is 534 g/mol. The van der Waals surface area contributed by atoms with E-state index < -0.39 is 37.8 Å². The number of amides is 1. The van der Waals surface area contributed by atoms with E-state index in [-0.39, 0.29) is 22.9 Å². The molecule has 1 aliphatic rings. The van der Waals surface area contributed by atoms with Gasteiger partial charge in [-0.25, -0.2) is 21.6 Å². The molecule has 1 amide bonds. The highest BCUT2D eigenvalue weighted by Gasteiger charge is 2.27. The van der Waals surface area contributed by atoms with Crippen LogP contribution in [0.25, 0.3) is 10.4 Å². The Morgan fingerprint density at radius 2 is 1.68 bits per heavy atom. The third-order valence-electron chi connectivity index (χ3n) is 5.84. The lowest BCUT2D eigenvalue weighted by atomic mass is 10.1. The van der Waals surface area contributed by atoms with Crippen LogP contribution in [0.15, 0.2) is 69.5 Å². The Kier molecular flexibility index (Phi) is 10.9. The number of rotatable bonds is 13. The van der Waals surface area contributed by atoms with Crippen molar-refractivity contribution in [1.29, 1.82) is 0 Å². The van der Waals surface area contributed by atoms with Gasteiger partial charge in [-0.05, 0) is 61.2 Å². The van der Waals surface area contributed by atoms with Gasteiger partial charge in [-0.15, -0.1) is 0 Å². The van der Waals surface area contributed by atoms with Gasteiger partial charge >= 0.3 is 6.09 Å². The molecule has 3 rings (SSSR count). The summed E-state index contributed by atoms with van der Waals surface area (Å²) in [7, 11) is -7.39. The number of hydrogen-bond donors (Lipinski definition) is 1. The molecule has 0 radical (unpaired) electrons. The van der Waals surface area contributed by atoms with Crippen LogP contribution in [0.3, 0.4) is 0 Å². The first kappa shape index (κ1) is 29.4. The van der Waals surface area contributed by atoms with Crippen molar-refractivity contribution in [3.05, 3.63) is 65.0 Å². The molecule has 1 fully saturated rings. The topological polar surface area (TPSA) is 168 Å². The summed E-state index contributed by atoms with van der Waals surface area (Å²) in [5, 5.41) is 6.01. The average molecular weight is 566 g/mol. The molecular formula is C24H31N5O7S2. The SMILES string of the molecule is [N-]=[N+]=NCCCCCC(CS(=O)(=O)c1ccccc1)OC(=O)Nc1ccc(S(=O)(=O)N2CCOCC2)cc1. The van der Waals surface area contributed by atoms with E-state index in [9.17, 15) is 21.6 Å². The third kappa shape index (κ3) is 8.71. The summed E-state index contributed by atoms with van der Waals surface area (Å²) in [6.07, 6.45) is 0.403. The lowest BCUT2D eigenvalue weighted by Gasteiger charge is -2.26. The smallest absolute Gasteiger partial charge is 0.411 e. The Labute approximate surface area is 222 Å².